The van der Waals surface area contributed by atoms with Crippen LogP contribution in [-0.4, -0.2) is 55.6 Å². The third kappa shape index (κ3) is 13.3. The van der Waals surface area contributed by atoms with Crippen molar-refractivity contribution in [1.82, 2.24) is 0 Å². The van der Waals surface area contributed by atoms with Gasteiger partial charge in [0.2, 0.25) is 0 Å². The first-order valence-corrected chi connectivity index (χ1v) is 8.30. The summed E-state index contributed by atoms with van der Waals surface area (Å²) in [4.78, 5) is 9.27. The van der Waals surface area contributed by atoms with Gasteiger partial charge in [0.1, 0.15) is 6.79 Å². The molecule has 2 atom stereocenters. The zero-order valence-corrected chi connectivity index (χ0v) is 14.0. The summed E-state index contributed by atoms with van der Waals surface area (Å²) in [6.45, 7) is 6.98. The van der Waals surface area contributed by atoms with Gasteiger partial charge in [-0.1, -0.05) is 0 Å². The molecule has 0 aromatic carbocycles. The fourth-order valence-corrected chi connectivity index (χ4v) is 1.97. The highest BCUT2D eigenvalue weighted by Gasteiger charge is 2.22. The van der Waals surface area contributed by atoms with Crippen LogP contribution in [0.3, 0.4) is 0 Å². The summed E-state index contributed by atoms with van der Waals surface area (Å²) in [5, 5.41) is 9.14. The average Bonchev–Trinajstić information content (AvgIpc) is 2.35. The van der Waals surface area contributed by atoms with Crippen LogP contribution in [0.1, 0.15) is 27.7 Å². The molecule has 0 bridgehead atoms. The van der Waals surface area contributed by atoms with Crippen LogP contribution in [0.4, 0.5) is 0 Å². The number of phosphoric ester groups is 1. The molecular formula is C12H27O8P. The van der Waals surface area contributed by atoms with E-state index in [9.17, 15) is 9.46 Å². The van der Waals surface area contributed by atoms with E-state index >= 15 is 0 Å². The lowest BCUT2D eigenvalue weighted by Gasteiger charge is -2.17. The number of hydrogen-bond acceptors (Lipinski definition) is 7. The molecule has 2 N–H and O–H groups in total. The molecule has 0 aromatic heterocycles. The number of hydrogen-bond donors (Lipinski definition) is 2. The van der Waals surface area contributed by atoms with Gasteiger partial charge in [-0.3, -0.25) is 9.05 Å². The second-order valence-electron chi connectivity index (χ2n) is 4.99. The van der Waals surface area contributed by atoms with E-state index in [4.69, 9.17) is 23.8 Å². The van der Waals surface area contributed by atoms with Gasteiger partial charge in [-0.15, -0.1) is 0 Å². The van der Waals surface area contributed by atoms with Crippen molar-refractivity contribution in [2.75, 3.05) is 33.4 Å². The van der Waals surface area contributed by atoms with Crippen molar-refractivity contribution in [2.24, 2.45) is 5.92 Å². The highest BCUT2D eigenvalue weighted by atomic mass is 31.2. The maximum atomic E-state index is 11.4. The predicted octanol–water partition coefficient (Wildman–Crippen LogP) is 1.51. The molecule has 0 aliphatic heterocycles. The fourth-order valence-electron chi connectivity index (χ4n) is 1.17. The Morgan fingerprint density at radius 2 is 1.57 bits per heavy atom. The molecule has 0 fully saturated rings. The molecule has 0 aliphatic rings. The highest BCUT2D eigenvalue weighted by molar-refractivity contribution is 7.47. The summed E-state index contributed by atoms with van der Waals surface area (Å²) in [6, 6.07) is 0. The standard InChI is InChI=1S/C12H27O8P/c1-10(2)18-8-16-6-12(5-13)7-17-9-19-21(14,15)20-11(3)4/h10-13H,5-9H2,1-4H3,(H,14,15). The Kier molecular flexibility index (Phi) is 11.5. The van der Waals surface area contributed by atoms with Gasteiger partial charge in [-0.2, -0.15) is 0 Å². The molecule has 0 aromatic rings. The zero-order valence-electron chi connectivity index (χ0n) is 13.1. The monoisotopic (exact) mass is 330 g/mol. The minimum atomic E-state index is -4.09. The minimum absolute atomic E-state index is 0.0712. The minimum Gasteiger partial charge on any atom is -0.396 e. The van der Waals surface area contributed by atoms with E-state index in [-0.39, 0.29) is 38.6 Å². The van der Waals surface area contributed by atoms with E-state index in [1.807, 2.05) is 13.8 Å². The van der Waals surface area contributed by atoms with Crippen LogP contribution in [0.15, 0.2) is 0 Å². The van der Waals surface area contributed by atoms with Gasteiger partial charge >= 0.3 is 7.82 Å². The highest BCUT2D eigenvalue weighted by Crippen LogP contribution is 2.44. The Morgan fingerprint density at radius 3 is 2.05 bits per heavy atom. The first-order valence-electron chi connectivity index (χ1n) is 6.80. The van der Waals surface area contributed by atoms with Crippen molar-refractivity contribution in [1.29, 1.82) is 0 Å². The Morgan fingerprint density at radius 1 is 1.00 bits per heavy atom. The second-order valence-corrected chi connectivity index (χ2v) is 6.40. The van der Waals surface area contributed by atoms with E-state index < -0.39 is 20.7 Å². The van der Waals surface area contributed by atoms with Gasteiger partial charge in [-0.05, 0) is 27.7 Å². The molecule has 0 aliphatic carbocycles. The van der Waals surface area contributed by atoms with Crippen LogP contribution in [0, 0.1) is 5.92 Å². The van der Waals surface area contributed by atoms with Gasteiger partial charge in [0, 0.05) is 5.92 Å². The molecule has 0 heterocycles. The van der Waals surface area contributed by atoms with E-state index in [0.29, 0.717) is 0 Å². The van der Waals surface area contributed by atoms with Crippen molar-refractivity contribution < 1.29 is 37.8 Å². The van der Waals surface area contributed by atoms with Crippen LogP contribution in [0.5, 0.6) is 0 Å². The maximum absolute atomic E-state index is 11.4. The number of aliphatic hydroxyl groups excluding tert-OH is 1. The van der Waals surface area contributed by atoms with Gasteiger partial charge in [0.15, 0.2) is 6.79 Å². The average molecular weight is 330 g/mol. The molecule has 0 radical (unpaired) electrons. The number of phosphoric acid groups is 1. The summed E-state index contributed by atoms with van der Waals surface area (Å²) in [5.41, 5.74) is 0. The number of rotatable bonds is 13. The lowest BCUT2D eigenvalue weighted by molar-refractivity contribution is -0.103. The summed E-state index contributed by atoms with van der Waals surface area (Å²) in [7, 11) is -4.09. The zero-order chi connectivity index (χ0) is 16.3. The number of aliphatic hydroxyl groups is 1. The third-order valence-electron chi connectivity index (χ3n) is 2.09. The maximum Gasteiger partial charge on any atom is 0.474 e. The Bertz CT molecular complexity index is 297. The lowest BCUT2D eigenvalue weighted by Crippen LogP contribution is -2.22. The summed E-state index contributed by atoms with van der Waals surface area (Å²) < 4.78 is 36.1. The Hall–Kier alpha value is -0.0500. The van der Waals surface area contributed by atoms with E-state index in [1.165, 1.54) is 0 Å². The van der Waals surface area contributed by atoms with Crippen molar-refractivity contribution in [3.63, 3.8) is 0 Å². The quantitative estimate of drug-likeness (QED) is 0.297. The topological polar surface area (TPSA) is 104 Å². The van der Waals surface area contributed by atoms with E-state index in [0.717, 1.165) is 0 Å². The van der Waals surface area contributed by atoms with Gasteiger partial charge in [0.25, 0.3) is 0 Å². The van der Waals surface area contributed by atoms with Crippen molar-refractivity contribution >= 4 is 7.82 Å². The van der Waals surface area contributed by atoms with Crippen LogP contribution in [0.2, 0.25) is 0 Å². The lowest BCUT2D eigenvalue weighted by atomic mass is 10.2. The summed E-state index contributed by atoms with van der Waals surface area (Å²) >= 11 is 0. The molecular weight excluding hydrogens is 303 g/mol. The normalized spacial score (nSPS) is 16.4. The largest absolute Gasteiger partial charge is 0.474 e. The van der Waals surface area contributed by atoms with Crippen LogP contribution in [0.25, 0.3) is 0 Å². The molecule has 0 rings (SSSR count). The summed E-state index contributed by atoms with van der Waals surface area (Å²) in [5.74, 6) is -0.270. The molecule has 0 saturated heterocycles. The van der Waals surface area contributed by atoms with Crippen molar-refractivity contribution in [3.05, 3.63) is 0 Å². The van der Waals surface area contributed by atoms with Crippen LogP contribution < -0.4 is 0 Å². The molecule has 0 amide bonds. The van der Waals surface area contributed by atoms with E-state index in [2.05, 4.69) is 4.52 Å². The molecule has 0 spiro atoms. The molecule has 21 heavy (non-hydrogen) atoms. The van der Waals surface area contributed by atoms with Gasteiger partial charge in [-0.25, -0.2) is 4.57 Å². The first-order chi connectivity index (χ1) is 9.76. The summed E-state index contributed by atoms with van der Waals surface area (Å²) in [6.07, 6.45) is -0.359. The van der Waals surface area contributed by atoms with E-state index in [1.54, 1.807) is 13.8 Å². The predicted molar refractivity (Wildman–Crippen MR) is 75.6 cm³/mol. The first kappa shape index (κ1) is 20.9. The number of ether oxygens (including phenoxy) is 3. The van der Waals surface area contributed by atoms with Crippen molar-refractivity contribution in [3.8, 4) is 0 Å². The molecule has 0 saturated carbocycles. The van der Waals surface area contributed by atoms with Crippen molar-refractivity contribution in [2.45, 2.75) is 39.9 Å². The van der Waals surface area contributed by atoms with Gasteiger partial charge < -0.3 is 24.2 Å². The second kappa shape index (κ2) is 11.5. The molecule has 9 heteroatoms. The van der Waals surface area contributed by atoms with Crippen LogP contribution in [-0.2, 0) is 27.8 Å². The molecule has 2 unspecified atom stereocenters. The van der Waals surface area contributed by atoms with Crippen LogP contribution >= 0.6 is 7.82 Å². The smallest absolute Gasteiger partial charge is 0.396 e. The molecule has 128 valence electrons. The van der Waals surface area contributed by atoms with Gasteiger partial charge in [0.05, 0.1) is 32.0 Å². The molecule has 8 nitrogen and oxygen atoms in total. The Labute approximate surface area is 125 Å². The fraction of sp³-hybridized carbons (Fsp3) is 1.00. The SMILES string of the molecule is CC(C)OCOCC(CO)COCOP(=O)(O)OC(C)C. The Balaban J connectivity index is 3.74. The third-order valence-corrected chi connectivity index (χ3v) is 3.21.